The first-order chi connectivity index (χ1) is 14.0. The van der Waals surface area contributed by atoms with E-state index in [9.17, 15) is 9.59 Å². The molecular formula is C22H32N2O5. The number of benzene rings is 1. The van der Waals surface area contributed by atoms with Crippen molar-refractivity contribution < 1.29 is 23.8 Å². The smallest absolute Gasteiger partial charge is 0.307 e. The quantitative estimate of drug-likeness (QED) is 0.679. The number of fused-ring (bicyclic) bond motifs is 1. The average molecular weight is 405 g/mol. The van der Waals surface area contributed by atoms with Crippen LogP contribution in [0.4, 0.5) is 0 Å². The van der Waals surface area contributed by atoms with Gasteiger partial charge >= 0.3 is 5.97 Å². The molecule has 1 aromatic rings. The Bertz CT molecular complexity index is 743. The number of rotatable bonds is 6. The minimum atomic E-state index is -0.290. The van der Waals surface area contributed by atoms with E-state index >= 15 is 0 Å². The van der Waals surface area contributed by atoms with Gasteiger partial charge in [-0.05, 0) is 48.4 Å². The number of methoxy groups -OCH3 is 3. The Morgan fingerprint density at radius 1 is 1.03 bits per heavy atom. The Morgan fingerprint density at radius 2 is 1.69 bits per heavy atom. The second kappa shape index (κ2) is 9.48. The Labute approximate surface area is 172 Å². The average Bonchev–Trinajstić information content (AvgIpc) is 2.74. The predicted octanol–water partition coefficient (Wildman–Crippen LogP) is 2.42. The number of carbonyl (C=O) groups is 2. The van der Waals surface area contributed by atoms with Crippen molar-refractivity contribution in [3.8, 4) is 11.5 Å². The van der Waals surface area contributed by atoms with Crippen molar-refractivity contribution >= 4 is 11.9 Å². The molecule has 0 spiro atoms. The van der Waals surface area contributed by atoms with Gasteiger partial charge in [-0.2, -0.15) is 0 Å². The number of nitrogens with zero attached hydrogens (tertiary/aromatic N) is 2. The van der Waals surface area contributed by atoms with Crippen LogP contribution in [0, 0.1) is 5.92 Å². The number of amides is 1. The molecule has 7 heteroatoms. The van der Waals surface area contributed by atoms with Crippen LogP contribution in [0.5, 0.6) is 11.5 Å². The Kier molecular flexibility index (Phi) is 7.00. The van der Waals surface area contributed by atoms with E-state index in [0.717, 1.165) is 43.5 Å². The number of ether oxygens (including phenoxy) is 3. The Hall–Kier alpha value is -2.28. The lowest BCUT2D eigenvalue weighted by Crippen LogP contribution is -2.47. The third-order valence-corrected chi connectivity index (χ3v) is 6.18. The van der Waals surface area contributed by atoms with E-state index in [4.69, 9.17) is 14.2 Å². The number of hydrogen-bond acceptors (Lipinski definition) is 6. The Morgan fingerprint density at radius 3 is 2.31 bits per heavy atom. The normalized spacial score (nSPS) is 20.1. The van der Waals surface area contributed by atoms with E-state index < -0.39 is 0 Å². The monoisotopic (exact) mass is 404 g/mol. The first kappa shape index (κ1) is 21.4. The molecule has 1 atom stereocenters. The van der Waals surface area contributed by atoms with Crippen LogP contribution >= 0.6 is 0 Å². The summed E-state index contributed by atoms with van der Waals surface area (Å²) in [5.41, 5.74) is 2.12. The molecule has 7 nitrogen and oxygen atoms in total. The van der Waals surface area contributed by atoms with Gasteiger partial charge in [-0.25, -0.2) is 0 Å². The summed E-state index contributed by atoms with van der Waals surface area (Å²) in [5, 5.41) is 0. The van der Waals surface area contributed by atoms with Gasteiger partial charge < -0.3 is 19.1 Å². The summed E-state index contributed by atoms with van der Waals surface area (Å²) in [5.74, 6) is 1.82. The molecule has 0 aromatic heterocycles. The zero-order chi connectivity index (χ0) is 21.0. The van der Waals surface area contributed by atoms with Gasteiger partial charge in [0.15, 0.2) is 11.5 Å². The lowest BCUT2D eigenvalue weighted by molar-refractivity contribution is -0.143. The second-order valence-electron chi connectivity index (χ2n) is 7.99. The fourth-order valence-electron chi connectivity index (χ4n) is 4.28. The third kappa shape index (κ3) is 4.83. The standard InChI is InChI=1S/C22H32N2O5/c1-15-5-8-23(9-6-15)21(25)14-24-10-7-16-11-19(27-2)20(28-3)12-17(16)18(24)13-22(26)29-4/h11-12,15,18H,5-10,13-14H2,1-4H3/t18-/m1/s1. The van der Waals surface area contributed by atoms with Gasteiger partial charge in [0.2, 0.25) is 5.91 Å². The largest absolute Gasteiger partial charge is 0.493 e. The lowest BCUT2D eigenvalue weighted by atomic mass is 9.90. The van der Waals surface area contributed by atoms with E-state index in [1.807, 2.05) is 17.0 Å². The zero-order valence-electron chi connectivity index (χ0n) is 17.9. The molecular weight excluding hydrogens is 372 g/mol. The minimum absolute atomic E-state index is 0.135. The molecule has 0 aliphatic carbocycles. The van der Waals surface area contributed by atoms with Gasteiger partial charge in [-0.1, -0.05) is 6.92 Å². The van der Waals surface area contributed by atoms with Crippen LogP contribution in [0.25, 0.3) is 0 Å². The van der Waals surface area contributed by atoms with Crippen LogP contribution in [-0.4, -0.2) is 69.2 Å². The van der Waals surface area contributed by atoms with Crippen LogP contribution in [0.2, 0.25) is 0 Å². The summed E-state index contributed by atoms with van der Waals surface area (Å²) < 4.78 is 15.8. The molecule has 1 amide bonds. The highest BCUT2D eigenvalue weighted by molar-refractivity contribution is 5.79. The van der Waals surface area contributed by atoms with Crippen LogP contribution in [-0.2, 0) is 20.7 Å². The van der Waals surface area contributed by atoms with Gasteiger partial charge in [0.25, 0.3) is 0 Å². The molecule has 2 aliphatic heterocycles. The van der Waals surface area contributed by atoms with Gasteiger partial charge in [0.05, 0.1) is 34.3 Å². The molecule has 0 bridgehead atoms. The molecule has 1 fully saturated rings. The molecule has 3 rings (SSSR count). The zero-order valence-corrected chi connectivity index (χ0v) is 17.9. The van der Waals surface area contributed by atoms with Gasteiger partial charge in [0.1, 0.15) is 0 Å². The fraction of sp³-hybridized carbons (Fsp3) is 0.636. The topological polar surface area (TPSA) is 68.3 Å². The van der Waals surface area contributed by atoms with Crippen molar-refractivity contribution in [3.63, 3.8) is 0 Å². The van der Waals surface area contributed by atoms with Crippen molar-refractivity contribution in [2.45, 2.75) is 38.6 Å². The molecule has 2 heterocycles. The predicted molar refractivity (Wildman–Crippen MR) is 109 cm³/mol. The summed E-state index contributed by atoms with van der Waals surface area (Å²) in [6.45, 7) is 4.88. The summed E-state index contributed by atoms with van der Waals surface area (Å²) in [6.07, 6.45) is 3.09. The maximum absolute atomic E-state index is 12.9. The van der Waals surface area contributed by atoms with Crippen molar-refractivity contribution in [3.05, 3.63) is 23.3 Å². The number of piperidine rings is 1. The van der Waals surface area contributed by atoms with Crippen LogP contribution in [0.15, 0.2) is 12.1 Å². The summed E-state index contributed by atoms with van der Waals surface area (Å²) >= 11 is 0. The number of esters is 1. The van der Waals surface area contributed by atoms with Crippen molar-refractivity contribution in [1.29, 1.82) is 0 Å². The first-order valence-corrected chi connectivity index (χ1v) is 10.3. The van der Waals surface area contributed by atoms with Crippen molar-refractivity contribution in [2.75, 3.05) is 47.5 Å². The second-order valence-corrected chi connectivity index (χ2v) is 7.99. The molecule has 0 N–H and O–H groups in total. The molecule has 0 unspecified atom stereocenters. The van der Waals surface area contributed by atoms with Gasteiger partial charge in [-0.15, -0.1) is 0 Å². The van der Waals surface area contributed by atoms with E-state index in [0.29, 0.717) is 30.5 Å². The first-order valence-electron chi connectivity index (χ1n) is 10.3. The molecule has 1 aromatic carbocycles. The highest BCUT2D eigenvalue weighted by atomic mass is 16.5. The lowest BCUT2D eigenvalue weighted by Gasteiger charge is -2.38. The number of carbonyl (C=O) groups excluding carboxylic acids is 2. The van der Waals surface area contributed by atoms with Crippen molar-refractivity contribution in [2.24, 2.45) is 5.92 Å². The Balaban J connectivity index is 1.83. The minimum Gasteiger partial charge on any atom is -0.493 e. The SMILES string of the molecule is COC(=O)C[C@@H]1c2cc(OC)c(OC)cc2CCN1CC(=O)N1CCC(C)CC1. The fourth-order valence-corrected chi connectivity index (χ4v) is 4.28. The summed E-state index contributed by atoms with van der Waals surface area (Å²) in [6, 6.07) is 3.68. The van der Waals surface area contributed by atoms with Crippen LogP contribution in [0.1, 0.15) is 43.4 Å². The highest BCUT2D eigenvalue weighted by Crippen LogP contribution is 2.39. The van der Waals surface area contributed by atoms with E-state index in [1.165, 1.54) is 7.11 Å². The van der Waals surface area contributed by atoms with Gasteiger partial charge in [-0.3, -0.25) is 14.5 Å². The molecule has 160 valence electrons. The number of likely N-dealkylation sites (tertiary alicyclic amines) is 1. The van der Waals surface area contributed by atoms with E-state index in [-0.39, 0.29) is 24.3 Å². The molecule has 1 saturated heterocycles. The third-order valence-electron chi connectivity index (χ3n) is 6.18. The molecule has 29 heavy (non-hydrogen) atoms. The van der Waals surface area contributed by atoms with E-state index in [1.54, 1.807) is 14.2 Å². The highest BCUT2D eigenvalue weighted by Gasteiger charge is 2.33. The number of hydrogen-bond donors (Lipinski definition) is 0. The van der Waals surface area contributed by atoms with Crippen LogP contribution in [0.3, 0.4) is 0 Å². The maximum Gasteiger partial charge on any atom is 0.307 e. The van der Waals surface area contributed by atoms with E-state index in [2.05, 4.69) is 11.8 Å². The summed E-state index contributed by atoms with van der Waals surface area (Å²) in [4.78, 5) is 29.1. The van der Waals surface area contributed by atoms with Crippen LogP contribution < -0.4 is 9.47 Å². The maximum atomic E-state index is 12.9. The molecule has 0 saturated carbocycles. The molecule has 2 aliphatic rings. The summed E-state index contributed by atoms with van der Waals surface area (Å²) in [7, 11) is 4.61. The van der Waals surface area contributed by atoms with Crippen molar-refractivity contribution in [1.82, 2.24) is 9.80 Å². The molecule has 0 radical (unpaired) electrons. The van der Waals surface area contributed by atoms with Gasteiger partial charge in [0, 0.05) is 25.7 Å².